The molecule has 0 radical (unpaired) electrons. The summed E-state index contributed by atoms with van der Waals surface area (Å²) in [4.78, 5) is 5.06. The van der Waals surface area contributed by atoms with Crippen molar-refractivity contribution in [2.75, 3.05) is 0 Å². The second-order valence-electron chi connectivity index (χ2n) is 3.91. The number of alkyl halides is 3. The van der Waals surface area contributed by atoms with Crippen molar-refractivity contribution in [3.63, 3.8) is 0 Å². The summed E-state index contributed by atoms with van der Waals surface area (Å²) in [6, 6.07) is 6.14. The van der Waals surface area contributed by atoms with E-state index in [0.29, 0.717) is 12.0 Å². The molecule has 2 nitrogen and oxygen atoms in total. The van der Waals surface area contributed by atoms with Crippen LogP contribution in [0.1, 0.15) is 17.6 Å². The molecule has 0 aliphatic rings. The van der Waals surface area contributed by atoms with Crippen LogP contribution in [0.4, 0.5) is 13.2 Å². The van der Waals surface area contributed by atoms with Gasteiger partial charge in [0.1, 0.15) is 5.75 Å². The first-order valence-electron chi connectivity index (χ1n) is 5.72. The maximum absolute atomic E-state index is 12.4. The monoisotopic (exact) mass is 287 g/mol. The first-order chi connectivity index (χ1) is 8.90. The van der Waals surface area contributed by atoms with Crippen LogP contribution in [0.5, 0.6) is 5.75 Å². The van der Waals surface area contributed by atoms with Crippen LogP contribution >= 0.6 is 11.3 Å². The Labute approximate surface area is 112 Å². The normalized spacial score (nSPS) is 11.6. The van der Waals surface area contributed by atoms with Gasteiger partial charge in [0.25, 0.3) is 0 Å². The molecule has 0 fully saturated rings. The Morgan fingerprint density at radius 1 is 1.26 bits per heavy atom. The van der Waals surface area contributed by atoms with Gasteiger partial charge in [-0.3, -0.25) is 0 Å². The third-order valence-corrected chi connectivity index (χ3v) is 3.54. The number of ether oxygens (including phenoxy) is 1. The van der Waals surface area contributed by atoms with Gasteiger partial charge in [-0.25, -0.2) is 4.98 Å². The minimum atomic E-state index is -4.69. The summed E-state index contributed by atoms with van der Waals surface area (Å²) in [5, 5.41) is 0.827. The van der Waals surface area contributed by atoms with Crippen LogP contribution in [0.25, 0.3) is 10.4 Å². The van der Waals surface area contributed by atoms with E-state index < -0.39 is 6.36 Å². The molecule has 6 heteroatoms. The zero-order valence-electron chi connectivity index (χ0n) is 10.4. The third kappa shape index (κ3) is 3.26. The molecule has 0 aliphatic carbocycles. The molecular weight excluding hydrogens is 275 g/mol. The number of aromatic nitrogens is 1. The van der Waals surface area contributed by atoms with Crippen molar-refractivity contribution in [1.29, 1.82) is 0 Å². The molecule has 102 valence electrons. The molecule has 0 atom stereocenters. The number of thiazole rings is 1. The molecule has 0 aliphatic heterocycles. The summed E-state index contributed by atoms with van der Waals surface area (Å²) in [5.41, 5.74) is 1.22. The standard InChI is InChI=1S/C13H12F3NOS/c1-3-10-12(19-8(2)17-10)9-6-4-5-7-11(9)18-13(14,15)16/h4-7H,3H2,1-2H3. The predicted octanol–water partition coefficient (Wildman–Crippen LogP) is 4.58. The fourth-order valence-electron chi connectivity index (χ4n) is 1.79. The van der Waals surface area contributed by atoms with Crippen LogP contribution in [0.15, 0.2) is 24.3 Å². The van der Waals surface area contributed by atoms with Gasteiger partial charge in [0.05, 0.1) is 15.6 Å². The zero-order chi connectivity index (χ0) is 14.0. The minimum absolute atomic E-state index is 0.187. The van der Waals surface area contributed by atoms with E-state index in [1.54, 1.807) is 12.1 Å². The number of hydrogen-bond acceptors (Lipinski definition) is 3. The van der Waals surface area contributed by atoms with Gasteiger partial charge >= 0.3 is 6.36 Å². The predicted molar refractivity (Wildman–Crippen MR) is 68.3 cm³/mol. The van der Waals surface area contributed by atoms with Crippen LogP contribution in [0.3, 0.4) is 0 Å². The summed E-state index contributed by atoms with van der Waals surface area (Å²) in [5.74, 6) is -0.187. The first kappa shape index (κ1) is 13.9. The number of nitrogens with zero attached hydrogens (tertiary/aromatic N) is 1. The maximum atomic E-state index is 12.4. The Hall–Kier alpha value is -1.56. The van der Waals surface area contributed by atoms with Crippen LogP contribution < -0.4 is 4.74 Å². The van der Waals surface area contributed by atoms with Crippen LogP contribution in [-0.2, 0) is 6.42 Å². The fourth-order valence-corrected chi connectivity index (χ4v) is 2.83. The molecule has 1 aromatic heterocycles. The molecule has 0 amide bonds. The van der Waals surface area contributed by atoms with Crippen molar-refractivity contribution in [2.24, 2.45) is 0 Å². The Kier molecular flexibility index (Phi) is 3.80. The second-order valence-corrected chi connectivity index (χ2v) is 5.11. The summed E-state index contributed by atoms with van der Waals surface area (Å²) >= 11 is 1.37. The highest BCUT2D eigenvalue weighted by atomic mass is 32.1. The average Bonchev–Trinajstić information content (AvgIpc) is 2.69. The van der Waals surface area contributed by atoms with Gasteiger partial charge < -0.3 is 4.74 Å². The van der Waals surface area contributed by atoms with Crippen molar-refractivity contribution in [3.05, 3.63) is 35.0 Å². The lowest BCUT2D eigenvalue weighted by molar-refractivity contribution is -0.274. The molecule has 0 N–H and O–H groups in total. The van der Waals surface area contributed by atoms with E-state index in [0.717, 1.165) is 15.6 Å². The minimum Gasteiger partial charge on any atom is -0.405 e. The van der Waals surface area contributed by atoms with Gasteiger partial charge in [0.2, 0.25) is 0 Å². The van der Waals surface area contributed by atoms with Crippen LogP contribution in [0, 0.1) is 6.92 Å². The summed E-state index contributed by atoms with van der Waals surface area (Å²) in [6.45, 7) is 3.76. The molecular formula is C13H12F3NOS. The number of aryl methyl sites for hydroxylation is 2. The average molecular weight is 287 g/mol. The highest BCUT2D eigenvalue weighted by molar-refractivity contribution is 7.15. The van der Waals surface area contributed by atoms with Crippen molar-refractivity contribution in [2.45, 2.75) is 26.6 Å². The molecule has 0 saturated heterocycles. The molecule has 1 aromatic carbocycles. The number of rotatable bonds is 3. The largest absolute Gasteiger partial charge is 0.573 e. The lowest BCUT2D eigenvalue weighted by atomic mass is 10.1. The highest BCUT2D eigenvalue weighted by Gasteiger charge is 2.32. The summed E-state index contributed by atoms with van der Waals surface area (Å²) in [7, 11) is 0. The van der Waals surface area contributed by atoms with Crippen molar-refractivity contribution < 1.29 is 17.9 Å². The molecule has 0 saturated carbocycles. The van der Waals surface area contributed by atoms with E-state index >= 15 is 0 Å². The molecule has 1 heterocycles. The van der Waals surface area contributed by atoms with Gasteiger partial charge in [0.15, 0.2) is 0 Å². The van der Waals surface area contributed by atoms with E-state index in [-0.39, 0.29) is 5.75 Å². The number of halogens is 3. The van der Waals surface area contributed by atoms with E-state index in [1.807, 2.05) is 13.8 Å². The van der Waals surface area contributed by atoms with Crippen LogP contribution in [0.2, 0.25) is 0 Å². The lowest BCUT2D eigenvalue weighted by Crippen LogP contribution is -2.17. The zero-order valence-corrected chi connectivity index (χ0v) is 11.2. The molecule has 2 rings (SSSR count). The SMILES string of the molecule is CCc1nc(C)sc1-c1ccccc1OC(F)(F)F. The fraction of sp³-hybridized carbons (Fsp3) is 0.308. The maximum Gasteiger partial charge on any atom is 0.573 e. The lowest BCUT2D eigenvalue weighted by Gasteiger charge is -2.12. The Bertz CT molecular complexity index is 578. The number of hydrogen-bond donors (Lipinski definition) is 0. The van der Waals surface area contributed by atoms with Gasteiger partial charge in [-0.05, 0) is 25.5 Å². The van der Waals surface area contributed by atoms with E-state index in [2.05, 4.69) is 9.72 Å². The molecule has 2 aromatic rings. The second kappa shape index (κ2) is 5.21. The van der Waals surface area contributed by atoms with Crippen LogP contribution in [-0.4, -0.2) is 11.3 Å². The third-order valence-electron chi connectivity index (χ3n) is 2.50. The molecule has 19 heavy (non-hydrogen) atoms. The molecule has 0 spiro atoms. The highest BCUT2D eigenvalue weighted by Crippen LogP contribution is 2.38. The Morgan fingerprint density at radius 3 is 2.58 bits per heavy atom. The van der Waals surface area contributed by atoms with Crippen molar-refractivity contribution >= 4 is 11.3 Å². The summed E-state index contributed by atoms with van der Waals surface area (Å²) < 4.78 is 41.2. The van der Waals surface area contributed by atoms with Crippen molar-refractivity contribution in [1.82, 2.24) is 4.98 Å². The van der Waals surface area contributed by atoms with E-state index in [9.17, 15) is 13.2 Å². The van der Waals surface area contributed by atoms with E-state index in [4.69, 9.17) is 0 Å². The quantitative estimate of drug-likeness (QED) is 0.824. The van der Waals surface area contributed by atoms with Gasteiger partial charge in [-0.15, -0.1) is 24.5 Å². The topological polar surface area (TPSA) is 22.1 Å². The number of benzene rings is 1. The Balaban J connectivity index is 2.50. The van der Waals surface area contributed by atoms with E-state index in [1.165, 1.54) is 23.5 Å². The smallest absolute Gasteiger partial charge is 0.405 e. The van der Waals surface area contributed by atoms with Gasteiger partial charge in [-0.2, -0.15) is 0 Å². The van der Waals surface area contributed by atoms with Gasteiger partial charge in [0, 0.05) is 5.56 Å². The Morgan fingerprint density at radius 2 is 1.95 bits per heavy atom. The van der Waals surface area contributed by atoms with Gasteiger partial charge in [-0.1, -0.05) is 19.1 Å². The molecule has 0 unspecified atom stereocenters. The molecule has 0 bridgehead atoms. The van der Waals surface area contributed by atoms with Crippen molar-refractivity contribution in [3.8, 4) is 16.2 Å². The summed E-state index contributed by atoms with van der Waals surface area (Å²) in [6.07, 6.45) is -4.03. The number of para-hydroxylation sites is 1. The first-order valence-corrected chi connectivity index (χ1v) is 6.54.